The molecule has 2 N–H and O–H groups in total. The third-order valence-corrected chi connectivity index (χ3v) is 2.86. The minimum absolute atomic E-state index is 0.0506. The van der Waals surface area contributed by atoms with E-state index in [1.807, 2.05) is 0 Å². The first-order valence-corrected chi connectivity index (χ1v) is 5.53. The molecule has 1 saturated carbocycles. The first-order chi connectivity index (χ1) is 8.65. The number of nitrogens with two attached hydrogens (primary N) is 1. The van der Waals surface area contributed by atoms with Gasteiger partial charge in [-0.25, -0.2) is 0 Å². The Morgan fingerprint density at radius 3 is 2.89 bits per heavy atom. The maximum atomic E-state index is 10.7. The number of benzene rings is 1. The van der Waals surface area contributed by atoms with Gasteiger partial charge in [0.1, 0.15) is 0 Å². The first-order valence-electron chi connectivity index (χ1n) is 5.53. The predicted molar refractivity (Wildman–Crippen MR) is 62.8 cm³/mol. The molecule has 7 nitrogen and oxygen atoms in total. The highest BCUT2D eigenvalue weighted by Gasteiger charge is 2.29. The molecular formula is C11H10N4O3. The second-order valence-corrected chi connectivity index (χ2v) is 4.26. The molecule has 7 heteroatoms. The van der Waals surface area contributed by atoms with Crippen molar-refractivity contribution in [1.82, 2.24) is 10.1 Å². The molecule has 1 aromatic carbocycles. The van der Waals surface area contributed by atoms with Gasteiger partial charge in [0.2, 0.25) is 0 Å². The number of nitrogens with zero attached hydrogens (tertiary/aromatic N) is 3. The van der Waals surface area contributed by atoms with Crippen molar-refractivity contribution in [1.29, 1.82) is 0 Å². The van der Waals surface area contributed by atoms with Crippen LogP contribution in [-0.4, -0.2) is 15.1 Å². The number of rotatable bonds is 3. The maximum absolute atomic E-state index is 10.7. The highest BCUT2D eigenvalue weighted by molar-refractivity contribution is 5.73. The number of non-ortho nitro benzene ring substituents is 1. The Kier molecular flexibility index (Phi) is 2.26. The van der Waals surface area contributed by atoms with E-state index < -0.39 is 4.92 Å². The molecule has 1 aromatic heterocycles. The molecule has 2 aromatic rings. The summed E-state index contributed by atoms with van der Waals surface area (Å²) in [6.45, 7) is 0. The van der Waals surface area contributed by atoms with Gasteiger partial charge in [0.15, 0.2) is 5.82 Å². The number of nitro groups is 1. The summed E-state index contributed by atoms with van der Waals surface area (Å²) >= 11 is 0. The zero-order chi connectivity index (χ0) is 12.7. The number of hydrogen-bond acceptors (Lipinski definition) is 6. The zero-order valence-electron chi connectivity index (χ0n) is 9.37. The Labute approximate surface area is 102 Å². The van der Waals surface area contributed by atoms with Crippen molar-refractivity contribution in [2.45, 2.75) is 18.8 Å². The minimum Gasteiger partial charge on any atom is -0.398 e. The van der Waals surface area contributed by atoms with Crippen LogP contribution in [0.2, 0.25) is 0 Å². The average Bonchev–Trinajstić information content (AvgIpc) is 3.08. The summed E-state index contributed by atoms with van der Waals surface area (Å²) in [4.78, 5) is 14.5. The molecule has 0 saturated heterocycles. The van der Waals surface area contributed by atoms with Gasteiger partial charge < -0.3 is 10.3 Å². The number of anilines is 1. The Bertz CT molecular complexity index is 619. The van der Waals surface area contributed by atoms with Gasteiger partial charge in [-0.3, -0.25) is 10.1 Å². The summed E-state index contributed by atoms with van der Waals surface area (Å²) in [6.07, 6.45) is 2.12. The van der Waals surface area contributed by atoms with Crippen LogP contribution in [0.3, 0.4) is 0 Å². The van der Waals surface area contributed by atoms with Crippen molar-refractivity contribution in [2.24, 2.45) is 0 Å². The van der Waals surface area contributed by atoms with Crippen molar-refractivity contribution < 1.29 is 9.45 Å². The van der Waals surface area contributed by atoms with Crippen LogP contribution >= 0.6 is 0 Å². The van der Waals surface area contributed by atoms with E-state index in [1.165, 1.54) is 18.2 Å². The molecule has 0 amide bonds. The molecular weight excluding hydrogens is 236 g/mol. The van der Waals surface area contributed by atoms with Gasteiger partial charge in [0, 0.05) is 23.7 Å². The Hall–Kier alpha value is -2.44. The second-order valence-electron chi connectivity index (χ2n) is 4.26. The molecule has 3 rings (SSSR count). The third-order valence-electron chi connectivity index (χ3n) is 2.86. The van der Waals surface area contributed by atoms with Crippen molar-refractivity contribution >= 4 is 11.4 Å². The van der Waals surface area contributed by atoms with E-state index in [-0.39, 0.29) is 11.6 Å². The molecule has 1 heterocycles. The van der Waals surface area contributed by atoms with Crippen LogP contribution < -0.4 is 5.73 Å². The molecule has 92 valence electrons. The van der Waals surface area contributed by atoms with E-state index >= 15 is 0 Å². The van der Waals surface area contributed by atoms with Gasteiger partial charge >= 0.3 is 0 Å². The molecule has 1 aliphatic rings. The lowest BCUT2D eigenvalue weighted by Gasteiger charge is -1.99. The lowest BCUT2D eigenvalue weighted by Crippen LogP contribution is -1.94. The molecule has 1 aliphatic carbocycles. The lowest BCUT2D eigenvalue weighted by atomic mass is 10.1. The fraction of sp³-hybridized carbons (Fsp3) is 0.273. The minimum atomic E-state index is -0.485. The summed E-state index contributed by atoms with van der Waals surface area (Å²) < 4.78 is 5.10. The monoisotopic (exact) mass is 246 g/mol. The second kappa shape index (κ2) is 3.80. The smallest absolute Gasteiger partial charge is 0.270 e. The van der Waals surface area contributed by atoms with E-state index in [2.05, 4.69) is 10.1 Å². The largest absolute Gasteiger partial charge is 0.398 e. The Morgan fingerprint density at radius 1 is 1.44 bits per heavy atom. The third kappa shape index (κ3) is 1.79. The van der Waals surface area contributed by atoms with Crippen LogP contribution in [0.5, 0.6) is 0 Å². The zero-order valence-corrected chi connectivity index (χ0v) is 9.37. The van der Waals surface area contributed by atoms with Crippen molar-refractivity contribution in [2.75, 3.05) is 5.73 Å². The number of hydrogen-bond donors (Lipinski definition) is 1. The van der Waals surface area contributed by atoms with Gasteiger partial charge in [0.25, 0.3) is 11.6 Å². The molecule has 0 bridgehead atoms. The SMILES string of the molecule is Nc1ccc([N+](=O)[O-])cc1-c1nc(C2CC2)no1. The fourth-order valence-corrected chi connectivity index (χ4v) is 1.69. The molecule has 0 radical (unpaired) electrons. The summed E-state index contributed by atoms with van der Waals surface area (Å²) in [7, 11) is 0. The molecule has 1 fully saturated rings. The highest BCUT2D eigenvalue weighted by atomic mass is 16.6. The van der Waals surface area contributed by atoms with Crippen LogP contribution in [0.15, 0.2) is 22.7 Å². The first kappa shape index (κ1) is 10.7. The van der Waals surface area contributed by atoms with Crippen LogP contribution in [0, 0.1) is 10.1 Å². The summed E-state index contributed by atoms with van der Waals surface area (Å²) in [6, 6.07) is 4.16. The van der Waals surface area contributed by atoms with Gasteiger partial charge in [-0.2, -0.15) is 4.98 Å². The number of nitrogen functional groups attached to an aromatic ring is 1. The highest BCUT2D eigenvalue weighted by Crippen LogP contribution is 2.39. The molecule has 0 aliphatic heterocycles. The van der Waals surface area contributed by atoms with Crippen molar-refractivity contribution in [3.63, 3.8) is 0 Å². The molecule has 0 unspecified atom stereocenters. The van der Waals surface area contributed by atoms with Gasteiger partial charge in [-0.15, -0.1) is 0 Å². The van der Waals surface area contributed by atoms with E-state index in [0.717, 1.165) is 12.8 Å². The number of nitro benzene ring substituents is 1. The lowest BCUT2D eigenvalue weighted by molar-refractivity contribution is -0.384. The Balaban J connectivity index is 2.03. The topological polar surface area (TPSA) is 108 Å². The number of aromatic nitrogens is 2. The van der Waals surface area contributed by atoms with Gasteiger partial charge in [-0.1, -0.05) is 5.16 Å². The van der Waals surface area contributed by atoms with Crippen molar-refractivity contribution in [3.05, 3.63) is 34.1 Å². The van der Waals surface area contributed by atoms with Crippen LogP contribution in [0.4, 0.5) is 11.4 Å². The maximum Gasteiger partial charge on any atom is 0.270 e. The molecule has 0 atom stereocenters. The predicted octanol–water partition coefficient (Wildman–Crippen LogP) is 2.10. The van der Waals surface area contributed by atoms with Crippen LogP contribution in [0.25, 0.3) is 11.5 Å². The van der Waals surface area contributed by atoms with Gasteiger partial charge in [0.05, 0.1) is 10.5 Å². The van der Waals surface area contributed by atoms with Crippen molar-refractivity contribution in [3.8, 4) is 11.5 Å². The standard InChI is InChI=1S/C11H10N4O3/c12-9-4-3-7(15(16)17)5-8(9)11-13-10(14-18-11)6-1-2-6/h3-6H,1-2,12H2. The summed E-state index contributed by atoms with van der Waals surface area (Å²) in [5.41, 5.74) is 6.51. The summed E-state index contributed by atoms with van der Waals surface area (Å²) in [5, 5.41) is 14.6. The van der Waals surface area contributed by atoms with Crippen LogP contribution in [0.1, 0.15) is 24.6 Å². The van der Waals surface area contributed by atoms with E-state index in [0.29, 0.717) is 23.0 Å². The Morgan fingerprint density at radius 2 is 2.22 bits per heavy atom. The van der Waals surface area contributed by atoms with Gasteiger partial charge in [-0.05, 0) is 18.9 Å². The normalized spacial score (nSPS) is 14.7. The van der Waals surface area contributed by atoms with E-state index in [1.54, 1.807) is 0 Å². The summed E-state index contributed by atoms with van der Waals surface area (Å²) in [5.74, 6) is 1.25. The fourth-order valence-electron chi connectivity index (χ4n) is 1.69. The van der Waals surface area contributed by atoms with E-state index in [4.69, 9.17) is 10.3 Å². The molecule has 0 spiro atoms. The average molecular weight is 246 g/mol. The van der Waals surface area contributed by atoms with Crippen LogP contribution in [-0.2, 0) is 0 Å². The quantitative estimate of drug-likeness (QED) is 0.504. The van der Waals surface area contributed by atoms with E-state index in [9.17, 15) is 10.1 Å². The molecule has 18 heavy (non-hydrogen) atoms.